The van der Waals surface area contributed by atoms with Gasteiger partial charge in [-0.3, -0.25) is 0 Å². The lowest BCUT2D eigenvalue weighted by molar-refractivity contribution is 0.0191. The SMILES string of the molecule is OC(CCCl)C(O)c1ccc(-c2ccccc2)s1. The normalized spacial score (nSPS) is 14.4. The van der Waals surface area contributed by atoms with E-state index in [1.807, 2.05) is 42.5 Å². The summed E-state index contributed by atoms with van der Waals surface area (Å²) in [4.78, 5) is 1.86. The molecule has 2 atom stereocenters. The first-order valence-electron chi connectivity index (χ1n) is 5.79. The van der Waals surface area contributed by atoms with E-state index in [1.54, 1.807) is 0 Å². The van der Waals surface area contributed by atoms with Gasteiger partial charge in [-0.25, -0.2) is 0 Å². The molecular weight excluding hydrogens is 268 g/mol. The highest BCUT2D eigenvalue weighted by Gasteiger charge is 2.19. The van der Waals surface area contributed by atoms with Crippen LogP contribution in [0.3, 0.4) is 0 Å². The maximum atomic E-state index is 9.98. The monoisotopic (exact) mass is 282 g/mol. The van der Waals surface area contributed by atoms with Gasteiger partial charge < -0.3 is 10.2 Å². The minimum Gasteiger partial charge on any atom is -0.390 e. The summed E-state index contributed by atoms with van der Waals surface area (Å²) < 4.78 is 0. The number of aliphatic hydroxyl groups is 2. The van der Waals surface area contributed by atoms with E-state index in [9.17, 15) is 10.2 Å². The molecule has 96 valence electrons. The molecule has 1 aromatic carbocycles. The zero-order chi connectivity index (χ0) is 13.0. The maximum Gasteiger partial charge on any atom is 0.114 e. The van der Waals surface area contributed by atoms with Crippen LogP contribution in [0.25, 0.3) is 10.4 Å². The molecule has 0 spiro atoms. The van der Waals surface area contributed by atoms with Gasteiger partial charge in [0.15, 0.2) is 0 Å². The summed E-state index contributed by atoms with van der Waals surface area (Å²) in [5, 5.41) is 19.7. The molecule has 2 aromatic rings. The first-order valence-corrected chi connectivity index (χ1v) is 7.14. The third-order valence-corrected chi connectivity index (χ3v) is 4.17. The molecule has 2 rings (SSSR count). The van der Waals surface area contributed by atoms with Crippen LogP contribution >= 0.6 is 22.9 Å². The van der Waals surface area contributed by atoms with Crippen molar-refractivity contribution in [3.63, 3.8) is 0 Å². The third-order valence-electron chi connectivity index (χ3n) is 2.75. The van der Waals surface area contributed by atoms with Crippen molar-refractivity contribution in [3.8, 4) is 10.4 Å². The lowest BCUT2D eigenvalue weighted by Crippen LogP contribution is -2.17. The van der Waals surface area contributed by atoms with Crippen LogP contribution in [0.1, 0.15) is 17.4 Å². The van der Waals surface area contributed by atoms with Gasteiger partial charge in [0.05, 0.1) is 6.10 Å². The predicted molar refractivity (Wildman–Crippen MR) is 76.1 cm³/mol. The Labute approximate surface area is 115 Å². The minimum atomic E-state index is -0.855. The van der Waals surface area contributed by atoms with Crippen molar-refractivity contribution in [1.29, 1.82) is 0 Å². The fraction of sp³-hybridized carbons (Fsp3) is 0.286. The second-order valence-electron chi connectivity index (χ2n) is 4.06. The number of thiophene rings is 1. The van der Waals surface area contributed by atoms with Gasteiger partial charge in [0, 0.05) is 15.6 Å². The Bertz CT molecular complexity index is 484. The number of hydrogen-bond acceptors (Lipinski definition) is 3. The van der Waals surface area contributed by atoms with Crippen molar-refractivity contribution >= 4 is 22.9 Å². The van der Waals surface area contributed by atoms with Crippen LogP contribution in [0.4, 0.5) is 0 Å². The summed E-state index contributed by atoms with van der Waals surface area (Å²) in [5.74, 6) is 0.342. The van der Waals surface area contributed by atoms with Crippen LogP contribution in [-0.4, -0.2) is 22.2 Å². The molecule has 1 aromatic heterocycles. The molecule has 1 heterocycles. The van der Waals surface area contributed by atoms with Crippen LogP contribution in [0, 0.1) is 0 Å². The Hall–Kier alpha value is -0.870. The molecule has 0 saturated heterocycles. The second-order valence-corrected chi connectivity index (χ2v) is 5.55. The Morgan fingerprint density at radius 1 is 1.06 bits per heavy atom. The maximum absolute atomic E-state index is 9.98. The van der Waals surface area contributed by atoms with Crippen molar-refractivity contribution < 1.29 is 10.2 Å². The fourth-order valence-corrected chi connectivity index (χ4v) is 3.01. The van der Waals surface area contributed by atoms with E-state index in [-0.39, 0.29) is 0 Å². The van der Waals surface area contributed by atoms with E-state index >= 15 is 0 Å². The van der Waals surface area contributed by atoms with Crippen molar-refractivity contribution in [2.75, 3.05) is 5.88 Å². The molecule has 0 aliphatic heterocycles. The van der Waals surface area contributed by atoms with Crippen LogP contribution in [-0.2, 0) is 0 Å². The van der Waals surface area contributed by atoms with Gasteiger partial charge in [0.2, 0.25) is 0 Å². The number of aliphatic hydroxyl groups excluding tert-OH is 2. The highest BCUT2D eigenvalue weighted by atomic mass is 35.5. The summed E-state index contributed by atoms with van der Waals surface area (Å²) in [6.07, 6.45) is -1.27. The molecule has 0 bridgehead atoms. The molecule has 0 fully saturated rings. The number of rotatable bonds is 5. The quantitative estimate of drug-likeness (QED) is 0.825. The number of hydrogen-bond donors (Lipinski definition) is 2. The Balaban J connectivity index is 2.15. The van der Waals surface area contributed by atoms with Crippen molar-refractivity contribution in [3.05, 3.63) is 47.3 Å². The third kappa shape index (κ3) is 3.12. The molecule has 0 saturated carbocycles. The molecule has 0 aliphatic carbocycles. The van der Waals surface area contributed by atoms with Crippen LogP contribution in [0.5, 0.6) is 0 Å². The first-order chi connectivity index (χ1) is 8.72. The van der Waals surface area contributed by atoms with E-state index in [0.717, 1.165) is 15.3 Å². The van der Waals surface area contributed by atoms with E-state index in [2.05, 4.69) is 0 Å². The summed E-state index contributed by atoms with van der Waals surface area (Å²) >= 11 is 7.06. The number of halogens is 1. The molecule has 2 N–H and O–H groups in total. The summed E-state index contributed by atoms with van der Waals surface area (Å²) in [7, 11) is 0. The zero-order valence-corrected chi connectivity index (χ0v) is 11.4. The Kier molecular flexibility index (Phi) is 4.78. The highest BCUT2D eigenvalue weighted by Crippen LogP contribution is 2.32. The molecule has 0 radical (unpaired) electrons. The molecule has 0 amide bonds. The lowest BCUT2D eigenvalue weighted by atomic mass is 10.1. The summed E-state index contributed by atoms with van der Waals surface area (Å²) in [5.41, 5.74) is 1.12. The fourth-order valence-electron chi connectivity index (χ4n) is 1.73. The molecular formula is C14H15ClO2S. The standard InChI is InChI=1S/C14H15ClO2S/c15-9-8-11(16)14(17)13-7-6-12(18-13)10-4-2-1-3-5-10/h1-7,11,14,16-17H,8-9H2. The van der Waals surface area contributed by atoms with E-state index in [0.29, 0.717) is 12.3 Å². The van der Waals surface area contributed by atoms with Gasteiger partial charge in [0.25, 0.3) is 0 Å². The predicted octanol–water partition coefficient (Wildman–Crippen LogP) is 3.44. The average molecular weight is 283 g/mol. The molecule has 18 heavy (non-hydrogen) atoms. The van der Waals surface area contributed by atoms with Gasteiger partial charge in [-0.1, -0.05) is 30.3 Å². The first kappa shape index (κ1) is 13.6. The van der Waals surface area contributed by atoms with Crippen LogP contribution < -0.4 is 0 Å². The van der Waals surface area contributed by atoms with Crippen molar-refractivity contribution in [2.24, 2.45) is 0 Å². The Morgan fingerprint density at radius 2 is 1.78 bits per heavy atom. The van der Waals surface area contributed by atoms with Gasteiger partial charge in [-0.15, -0.1) is 22.9 Å². The van der Waals surface area contributed by atoms with Crippen LogP contribution in [0.2, 0.25) is 0 Å². The zero-order valence-electron chi connectivity index (χ0n) is 9.79. The number of benzene rings is 1. The van der Waals surface area contributed by atoms with Crippen molar-refractivity contribution in [2.45, 2.75) is 18.6 Å². The van der Waals surface area contributed by atoms with Crippen molar-refractivity contribution in [1.82, 2.24) is 0 Å². The van der Waals surface area contributed by atoms with Gasteiger partial charge in [-0.05, 0) is 24.1 Å². The molecule has 2 nitrogen and oxygen atoms in total. The minimum absolute atomic E-state index is 0.342. The van der Waals surface area contributed by atoms with Gasteiger partial charge in [-0.2, -0.15) is 0 Å². The second kappa shape index (κ2) is 6.34. The van der Waals surface area contributed by atoms with E-state index in [1.165, 1.54) is 11.3 Å². The van der Waals surface area contributed by atoms with Gasteiger partial charge in [0.1, 0.15) is 6.10 Å². The summed E-state index contributed by atoms with van der Waals surface area (Å²) in [6.45, 7) is 0. The average Bonchev–Trinajstić information content (AvgIpc) is 2.89. The molecule has 0 aliphatic rings. The largest absolute Gasteiger partial charge is 0.390 e. The lowest BCUT2D eigenvalue weighted by Gasteiger charge is -2.14. The van der Waals surface area contributed by atoms with E-state index in [4.69, 9.17) is 11.6 Å². The highest BCUT2D eigenvalue weighted by molar-refractivity contribution is 7.15. The molecule has 2 unspecified atom stereocenters. The van der Waals surface area contributed by atoms with E-state index < -0.39 is 12.2 Å². The van der Waals surface area contributed by atoms with Crippen LogP contribution in [0.15, 0.2) is 42.5 Å². The molecule has 4 heteroatoms. The summed E-state index contributed by atoms with van der Waals surface area (Å²) in [6, 6.07) is 13.8. The topological polar surface area (TPSA) is 40.5 Å². The Morgan fingerprint density at radius 3 is 2.44 bits per heavy atom. The van der Waals surface area contributed by atoms with Gasteiger partial charge >= 0.3 is 0 Å². The smallest absolute Gasteiger partial charge is 0.114 e. The number of alkyl halides is 1.